The molecule has 7 unspecified atom stereocenters. The summed E-state index contributed by atoms with van der Waals surface area (Å²) in [5.41, 5.74) is -2.89. The lowest BCUT2D eigenvalue weighted by Crippen LogP contribution is -2.70. The van der Waals surface area contributed by atoms with E-state index in [2.05, 4.69) is 38.5 Å². The molecule has 3 saturated carbocycles. The van der Waals surface area contributed by atoms with Crippen molar-refractivity contribution in [2.75, 3.05) is 5.75 Å². The Bertz CT molecular complexity index is 1450. The van der Waals surface area contributed by atoms with Gasteiger partial charge in [0.05, 0.1) is 5.57 Å². The molecule has 0 amide bonds. The second-order valence-electron chi connectivity index (χ2n) is 15.9. The van der Waals surface area contributed by atoms with Crippen LogP contribution in [-0.4, -0.2) is 37.5 Å². The van der Waals surface area contributed by atoms with Gasteiger partial charge in [0.15, 0.2) is 17.3 Å². The monoisotopic (exact) mass is 608 g/mol. The van der Waals surface area contributed by atoms with Crippen LogP contribution in [0.15, 0.2) is 23.3 Å². The van der Waals surface area contributed by atoms with Crippen molar-refractivity contribution in [3.63, 3.8) is 0 Å². The molecule has 1 N–H and O–H groups in total. The van der Waals surface area contributed by atoms with E-state index < -0.39 is 61.0 Å². The quantitative estimate of drug-likeness (QED) is 0.397. The summed E-state index contributed by atoms with van der Waals surface area (Å²) >= 11 is 0. The molecule has 5 aliphatic carbocycles. The van der Waals surface area contributed by atoms with Crippen molar-refractivity contribution in [2.24, 2.45) is 44.8 Å². The number of Topliss-reactive ketones (excluding diaryl/α,β-unsaturated/α-hetero) is 1. The number of hydrogen-bond donors (Lipinski definition) is 1. The summed E-state index contributed by atoms with van der Waals surface area (Å²) in [4.78, 5) is 27.7. The van der Waals surface area contributed by atoms with Crippen molar-refractivity contribution in [3.8, 4) is 6.07 Å². The van der Waals surface area contributed by atoms with Gasteiger partial charge in [0.1, 0.15) is 6.07 Å². The largest absolute Gasteiger partial charge is 0.404 e. The van der Waals surface area contributed by atoms with Gasteiger partial charge in [-0.25, -0.2) is 13.1 Å². The highest BCUT2D eigenvalue weighted by atomic mass is 32.2. The number of nitrogens with zero attached hydrogens (tertiary/aromatic N) is 1. The number of allylic oxidation sites excluding steroid dienone is 4. The zero-order valence-electron chi connectivity index (χ0n) is 25.7. The maximum Gasteiger partial charge on any atom is 0.404 e. The van der Waals surface area contributed by atoms with Crippen molar-refractivity contribution >= 4 is 21.6 Å². The highest BCUT2D eigenvalue weighted by Gasteiger charge is 2.70. The van der Waals surface area contributed by atoms with E-state index in [4.69, 9.17) is 0 Å². The molecule has 0 aromatic heterocycles. The summed E-state index contributed by atoms with van der Waals surface area (Å²) in [6.45, 7) is 14.2. The third-order valence-electron chi connectivity index (χ3n) is 12.6. The lowest BCUT2D eigenvalue weighted by Gasteiger charge is -2.69. The van der Waals surface area contributed by atoms with Gasteiger partial charge < -0.3 is 0 Å². The first kappa shape index (κ1) is 31.4. The Balaban J connectivity index is 1.65. The smallest absolute Gasteiger partial charge is 0.295 e. The van der Waals surface area contributed by atoms with Crippen molar-refractivity contribution in [3.05, 3.63) is 23.3 Å². The number of carbonyl (C=O) groups excluding carboxylic acids is 2. The number of hydrogen-bond acceptors (Lipinski definition) is 5. The van der Waals surface area contributed by atoms with E-state index in [1.165, 1.54) is 0 Å². The number of sulfonamides is 1. The maximum absolute atomic E-state index is 14.4. The SMILES string of the molecule is CC1(C)CCC2(NS(=O)(=O)CC(F)(F)F)CCC3(C)C(C(=O)C=C4C5(C)C=C(C#N)C(=O)C(C)(C)C5CCC43C)C2C1. The van der Waals surface area contributed by atoms with E-state index in [0.29, 0.717) is 44.9 Å². The molecule has 6 nitrogen and oxygen atoms in total. The van der Waals surface area contributed by atoms with Crippen molar-refractivity contribution in [1.82, 2.24) is 4.72 Å². The molecular formula is C32H43F3N2O4S. The van der Waals surface area contributed by atoms with E-state index in [-0.39, 0.29) is 28.5 Å². The summed E-state index contributed by atoms with van der Waals surface area (Å²) in [5, 5.41) is 9.87. The number of halogens is 3. The molecule has 0 aromatic carbocycles. The molecule has 5 aliphatic rings. The third-order valence-corrected chi connectivity index (χ3v) is 14.0. The average Bonchev–Trinajstić information content (AvgIpc) is 2.82. The van der Waals surface area contributed by atoms with Crippen LogP contribution in [0.3, 0.4) is 0 Å². The first-order chi connectivity index (χ1) is 19.0. The maximum atomic E-state index is 14.4. The molecular weight excluding hydrogens is 565 g/mol. The van der Waals surface area contributed by atoms with Gasteiger partial charge in [-0.3, -0.25) is 9.59 Å². The number of rotatable bonds is 3. The second kappa shape index (κ2) is 9.03. The summed E-state index contributed by atoms with van der Waals surface area (Å²) in [5.74, 6) is -3.41. The van der Waals surface area contributed by atoms with E-state index in [0.717, 1.165) is 5.57 Å². The number of carbonyl (C=O) groups is 2. The molecule has 0 radical (unpaired) electrons. The molecule has 42 heavy (non-hydrogen) atoms. The Morgan fingerprint density at radius 2 is 1.62 bits per heavy atom. The van der Waals surface area contributed by atoms with Gasteiger partial charge in [0.25, 0.3) is 0 Å². The highest BCUT2D eigenvalue weighted by Crippen LogP contribution is 2.73. The molecule has 0 saturated heterocycles. The van der Waals surface area contributed by atoms with Gasteiger partial charge >= 0.3 is 6.18 Å². The zero-order valence-corrected chi connectivity index (χ0v) is 26.5. The number of nitrogens with one attached hydrogen (secondary N) is 1. The molecule has 3 fully saturated rings. The first-order valence-electron chi connectivity index (χ1n) is 15.0. The van der Waals surface area contributed by atoms with Gasteiger partial charge in [-0.1, -0.05) is 60.1 Å². The summed E-state index contributed by atoms with van der Waals surface area (Å²) in [7, 11) is -4.69. The van der Waals surface area contributed by atoms with Crippen LogP contribution >= 0.6 is 0 Å². The van der Waals surface area contributed by atoms with Crippen molar-refractivity contribution in [2.45, 2.75) is 105 Å². The third kappa shape index (κ3) is 4.38. The molecule has 0 heterocycles. The predicted molar refractivity (Wildman–Crippen MR) is 152 cm³/mol. The number of ketones is 2. The Hall–Kier alpha value is -1.99. The Morgan fingerprint density at radius 3 is 2.21 bits per heavy atom. The number of alkyl halides is 3. The fourth-order valence-corrected chi connectivity index (χ4v) is 11.8. The molecule has 0 aromatic rings. The minimum absolute atomic E-state index is 0.104. The van der Waals surface area contributed by atoms with Crippen molar-refractivity contribution < 1.29 is 31.2 Å². The van der Waals surface area contributed by atoms with Crippen LogP contribution in [0.25, 0.3) is 0 Å². The molecule has 7 atom stereocenters. The van der Waals surface area contributed by atoms with Crippen molar-refractivity contribution in [1.29, 1.82) is 5.26 Å². The topological polar surface area (TPSA) is 104 Å². The minimum atomic E-state index is -4.88. The molecule has 0 bridgehead atoms. The molecule has 10 heteroatoms. The van der Waals surface area contributed by atoms with E-state index >= 15 is 0 Å². The zero-order chi connectivity index (χ0) is 31.5. The molecule has 0 spiro atoms. The lowest BCUT2D eigenvalue weighted by atomic mass is 9.35. The molecule has 5 rings (SSSR count). The minimum Gasteiger partial charge on any atom is -0.295 e. The highest BCUT2D eigenvalue weighted by molar-refractivity contribution is 7.89. The van der Waals surface area contributed by atoms with Crippen LogP contribution in [0.5, 0.6) is 0 Å². The standard InChI is InChI=1S/C32H43F3N2O4S/c1-26(2)10-12-31(37-42(40,41)18-32(33,34)35)13-11-30(7)24(20(31)16-26)21(38)14-23-28(5)15-19(17-36)25(39)27(3,4)22(28)8-9-29(23,30)6/h14-15,20,22,24,37H,8-13,16,18H2,1-7H3. The lowest BCUT2D eigenvalue weighted by molar-refractivity contribution is -0.159. The molecule has 232 valence electrons. The van der Waals surface area contributed by atoms with Crippen LogP contribution < -0.4 is 4.72 Å². The van der Waals surface area contributed by atoms with Crippen LogP contribution in [0, 0.1) is 56.2 Å². The average molecular weight is 609 g/mol. The number of nitriles is 1. The van der Waals surface area contributed by atoms with E-state index in [9.17, 15) is 36.4 Å². The van der Waals surface area contributed by atoms with Gasteiger partial charge in [-0.15, -0.1) is 0 Å². The first-order valence-corrected chi connectivity index (χ1v) is 16.6. The summed E-state index contributed by atoms with van der Waals surface area (Å²) < 4.78 is 68.1. The van der Waals surface area contributed by atoms with Gasteiger partial charge in [0.2, 0.25) is 10.0 Å². The van der Waals surface area contributed by atoms with Gasteiger partial charge in [-0.2, -0.15) is 18.4 Å². The number of fused-ring (bicyclic) bond motifs is 7. The van der Waals surface area contributed by atoms with E-state index in [1.807, 2.05) is 20.8 Å². The fourth-order valence-electron chi connectivity index (χ4n) is 10.4. The van der Waals surface area contributed by atoms with Gasteiger partial charge in [0, 0.05) is 22.3 Å². The summed E-state index contributed by atoms with van der Waals surface area (Å²) in [6.07, 6.45) is 2.39. The normalized spacial score (nSPS) is 42.6. The van der Waals surface area contributed by atoms with Crippen LogP contribution in [0.4, 0.5) is 13.2 Å². The Kier molecular flexibility index (Phi) is 6.76. The van der Waals surface area contributed by atoms with Crippen LogP contribution in [0.1, 0.15) is 93.4 Å². The van der Waals surface area contributed by atoms with E-state index in [1.54, 1.807) is 12.2 Å². The fraction of sp³-hybridized carbons (Fsp3) is 0.781. The van der Waals surface area contributed by atoms with Crippen LogP contribution in [0.2, 0.25) is 0 Å². The second-order valence-corrected chi connectivity index (χ2v) is 17.6. The Labute approximate surface area is 247 Å². The van der Waals surface area contributed by atoms with Crippen LogP contribution in [-0.2, 0) is 19.6 Å². The summed E-state index contributed by atoms with van der Waals surface area (Å²) in [6, 6.07) is 2.10. The predicted octanol–water partition coefficient (Wildman–Crippen LogP) is 6.44. The Morgan fingerprint density at radius 1 is 1.00 bits per heavy atom. The molecule has 0 aliphatic heterocycles. The van der Waals surface area contributed by atoms with Gasteiger partial charge in [-0.05, 0) is 79.1 Å².